The number of urea groups is 1. The van der Waals surface area contributed by atoms with Crippen LogP contribution in [-0.2, 0) is 20.9 Å². The summed E-state index contributed by atoms with van der Waals surface area (Å²) in [7, 11) is 0. The maximum atomic E-state index is 13.3. The fourth-order valence-electron chi connectivity index (χ4n) is 4.19. The number of nitrogens with zero attached hydrogens (tertiary/aromatic N) is 3. The molecule has 2 aliphatic rings. The van der Waals surface area contributed by atoms with Gasteiger partial charge in [-0.25, -0.2) is 4.79 Å². The molecule has 7 heteroatoms. The largest absolute Gasteiger partial charge is 0.375 e. The van der Waals surface area contributed by atoms with Crippen molar-refractivity contribution in [1.29, 1.82) is 0 Å². The predicted molar refractivity (Wildman–Crippen MR) is 109 cm³/mol. The van der Waals surface area contributed by atoms with Crippen molar-refractivity contribution < 1.29 is 19.1 Å². The molecule has 1 aromatic carbocycles. The van der Waals surface area contributed by atoms with Crippen LogP contribution in [0.15, 0.2) is 30.3 Å². The lowest BCUT2D eigenvalue weighted by atomic mass is 9.85. The molecule has 1 aromatic rings. The van der Waals surface area contributed by atoms with Crippen LogP contribution in [0.3, 0.4) is 0 Å². The van der Waals surface area contributed by atoms with Gasteiger partial charge in [0.25, 0.3) is 5.91 Å². The van der Waals surface area contributed by atoms with Gasteiger partial charge in [0.15, 0.2) is 0 Å². The fraction of sp³-hybridized carbons (Fsp3) is 0.591. The van der Waals surface area contributed by atoms with E-state index >= 15 is 0 Å². The first-order chi connectivity index (χ1) is 13.8. The Morgan fingerprint density at radius 2 is 1.79 bits per heavy atom. The summed E-state index contributed by atoms with van der Waals surface area (Å²) < 4.78 is 5.70. The van der Waals surface area contributed by atoms with Gasteiger partial charge in [0.2, 0.25) is 5.91 Å². The van der Waals surface area contributed by atoms with Crippen LogP contribution in [0.25, 0.3) is 0 Å². The second kappa shape index (κ2) is 8.95. The molecule has 0 atom stereocenters. The van der Waals surface area contributed by atoms with E-state index < -0.39 is 5.54 Å². The van der Waals surface area contributed by atoms with Crippen molar-refractivity contribution in [3.8, 4) is 0 Å². The van der Waals surface area contributed by atoms with Crippen molar-refractivity contribution in [3.05, 3.63) is 35.9 Å². The van der Waals surface area contributed by atoms with E-state index in [1.807, 2.05) is 44.2 Å². The Bertz CT molecular complexity index is 742. The molecule has 0 aromatic heterocycles. The van der Waals surface area contributed by atoms with Crippen molar-refractivity contribution in [2.45, 2.75) is 45.8 Å². The number of imide groups is 1. The Kier molecular flexibility index (Phi) is 6.57. The Morgan fingerprint density at radius 3 is 2.38 bits per heavy atom. The third kappa shape index (κ3) is 4.45. The van der Waals surface area contributed by atoms with Gasteiger partial charge in [-0.05, 0) is 24.3 Å². The van der Waals surface area contributed by atoms with Gasteiger partial charge in [-0.1, -0.05) is 44.2 Å². The van der Waals surface area contributed by atoms with Gasteiger partial charge >= 0.3 is 6.03 Å². The maximum Gasteiger partial charge on any atom is 0.327 e. The van der Waals surface area contributed by atoms with Gasteiger partial charge < -0.3 is 14.5 Å². The monoisotopic (exact) mass is 401 g/mol. The Morgan fingerprint density at radius 1 is 1.14 bits per heavy atom. The fourth-order valence-corrected chi connectivity index (χ4v) is 4.19. The summed E-state index contributed by atoms with van der Waals surface area (Å²) in [5.74, 6) is 0.122. The lowest BCUT2D eigenvalue weighted by Gasteiger charge is -2.42. The lowest BCUT2D eigenvalue weighted by Crippen LogP contribution is -2.57. The Labute approximate surface area is 172 Å². The third-order valence-electron chi connectivity index (χ3n) is 5.78. The molecule has 4 amide bonds. The highest BCUT2D eigenvalue weighted by atomic mass is 16.5. The molecule has 2 aliphatic heterocycles. The highest BCUT2D eigenvalue weighted by molar-refractivity contribution is 6.07. The highest BCUT2D eigenvalue weighted by Gasteiger charge is 2.57. The SMILES string of the molecule is CC(=O)N1CCC2(CC1)C(=O)N(CCOCc1ccccc1)C(=O)N2CC(C)C. The zero-order valence-electron chi connectivity index (χ0n) is 17.6. The molecule has 29 heavy (non-hydrogen) atoms. The summed E-state index contributed by atoms with van der Waals surface area (Å²) in [4.78, 5) is 43.0. The average molecular weight is 402 g/mol. The number of carbonyl (C=O) groups excluding carboxylic acids is 3. The average Bonchev–Trinajstić information content (AvgIpc) is 2.88. The second-order valence-electron chi connectivity index (χ2n) is 8.32. The molecule has 0 unspecified atom stereocenters. The van der Waals surface area contributed by atoms with E-state index in [4.69, 9.17) is 4.74 Å². The Hall–Kier alpha value is -2.41. The van der Waals surface area contributed by atoms with Crippen LogP contribution in [0.5, 0.6) is 0 Å². The van der Waals surface area contributed by atoms with Crippen LogP contribution >= 0.6 is 0 Å². The normalized spacial score (nSPS) is 19.0. The van der Waals surface area contributed by atoms with Crippen LogP contribution in [0.1, 0.15) is 39.2 Å². The predicted octanol–water partition coefficient (Wildman–Crippen LogP) is 2.50. The smallest absolute Gasteiger partial charge is 0.327 e. The zero-order chi connectivity index (χ0) is 21.0. The first-order valence-corrected chi connectivity index (χ1v) is 10.4. The van der Waals surface area contributed by atoms with Crippen LogP contribution in [0.4, 0.5) is 4.79 Å². The zero-order valence-corrected chi connectivity index (χ0v) is 17.6. The summed E-state index contributed by atoms with van der Waals surface area (Å²) >= 11 is 0. The number of rotatable bonds is 7. The van der Waals surface area contributed by atoms with Gasteiger partial charge in [0, 0.05) is 26.6 Å². The minimum absolute atomic E-state index is 0.0122. The van der Waals surface area contributed by atoms with Crippen molar-refractivity contribution >= 4 is 17.8 Å². The number of hydrogen-bond donors (Lipinski definition) is 0. The van der Waals surface area contributed by atoms with Crippen LogP contribution in [0, 0.1) is 5.92 Å². The number of benzene rings is 1. The molecule has 2 saturated heterocycles. The van der Waals surface area contributed by atoms with Crippen LogP contribution in [-0.4, -0.2) is 70.9 Å². The van der Waals surface area contributed by atoms with Crippen molar-refractivity contribution in [2.24, 2.45) is 5.92 Å². The third-order valence-corrected chi connectivity index (χ3v) is 5.78. The van der Waals surface area contributed by atoms with Gasteiger partial charge in [-0.15, -0.1) is 0 Å². The molecule has 0 N–H and O–H groups in total. The first-order valence-electron chi connectivity index (χ1n) is 10.4. The van der Waals surface area contributed by atoms with E-state index in [0.717, 1.165) is 5.56 Å². The summed E-state index contributed by atoms with van der Waals surface area (Å²) in [5, 5.41) is 0. The van der Waals surface area contributed by atoms with Gasteiger partial charge in [-0.3, -0.25) is 14.5 Å². The summed E-state index contributed by atoms with van der Waals surface area (Å²) in [5.41, 5.74) is 0.230. The number of amides is 4. The number of piperidine rings is 1. The molecule has 3 rings (SSSR count). The molecule has 1 spiro atoms. The second-order valence-corrected chi connectivity index (χ2v) is 8.32. The molecule has 0 radical (unpaired) electrons. The van der Waals surface area contributed by atoms with Crippen LogP contribution < -0.4 is 0 Å². The Balaban J connectivity index is 1.66. The summed E-state index contributed by atoms with van der Waals surface area (Å²) in [6.45, 7) is 8.17. The molecule has 0 aliphatic carbocycles. The minimum Gasteiger partial charge on any atom is -0.375 e. The number of hydrogen-bond acceptors (Lipinski definition) is 4. The van der Waals surface area contributed by atoms with E-state index in [1.54, 1.807) is 16.7 Å². The molecule has 158 valence electrons. The molecule has 0 saturated carbocycles. The molecular weight excluding hydrogens is 370 g/mol. The summed E-state index contributed by atoms with van der Waals surface area (Å²) in [6, 6.07) is 9.58. The van der Waals surface area contributed by atoms with E-state index in [-0.39, 0.29) is 30.3 Å². The number of likely N-dealkylation sites (tertiary alicyclic amines) is 1. The lowest BCUT2D eigenvalue weighted by molar-refractivity contribution is -0.140. The van der Waals surface area contributed by atoms with E-state index in [0.29, 0.717) is 45.7 Å². The summed E-state index contributed by atoms with van der Waals surface area (Å²) in [6.07, 6.45) is 0.983. The van der Waals surface area contributed by atoms with Gasteiger partial charge in [0.1, 0.15) is 5.54 Å². The molecule has 0 bridgehead atoms. The first kappa shape index (κ1) is 21.3. The topological polar surface area (TPSA) is 70.2 Å². The van der Waals surface area contributed by atoms with E-state index in [2.05, 4.69) is 0 Å². The minimum atomic E-state index is -0.827. The standard InChI is InChI=1S/C22H31N3O4/c1-17(2)15-25-21(28)24(13-14-29-16-19-7-5-4-6-8-19)20(27)22(25)9-11-23(12-10-22)18(3)26/h4-8,17H,9-16H2,1-3H3. The number of carbonyl (C=O) groups is 3. The number of ether oxygens (including phenoxy) is 1. The van der Waals surface area contributed by atoms with Crippen molar-refractivity contribution in [2.75, 3.05) is 32.8 Å². The van der Waals surface area contributed by atoms with Crippen molar-refractivity contribution in [1.82, 2.24) is 14.7 Å². The molecular formula is C22H31N3O4. The quantitative estimate of drug-likeness (QED) is 0.520. The maximum absolute atomic E-state index is 13.3. The molecule has 7 nitrogen and oxygen atoms in total. The molecule has 2 heterocycles. The van der Waals surface area contributed by atoms with Crippen molar-refractivity contribution in [3.63, 3.8) is 0 Å². The van der Waals surface area contributed by atoms with Gasteiger partial charge in [0.05, 0.1) is 19.8 Å². The molecule has 2 fully saturated rings. The highest BCUT2D eigenvalue weighted by Crippen LogP contribution is 2.37. The van der Waals surface area contributed by atoms with Gasteiger partial charge in [-0.2, -0.15) is 0 Å². The van der Waals surface area contributed by atoms with E-state index in [1.165, 1.54) is 4.90 Å². The van der Waals surface area contributed by atoms with Crippen LogP contribution in [0.2, 0.25) is 0 Å². The van der Waals surface area contributed by atoms with E-state index in [9.17, 15) is 14.4 Å².